The molecule has 0 aromatic carbocycles. The Bertz CT molecular complexity index is 182. The number of quaternary nitrogens is 1. The molecule has 0 aromatic heterocycles. The first-order valence-corrected chi connectivity index (χ1v) is 10.0. The highest BCUT2D eigenvalue weighted by Crippen LogP contribution is 2.11. The lowest BCUT2D eigenvalue weighted by Crippen LogP contribution is -2.48. The van der Waals surface area contributed by atoms with E-state index < -0.39 is 9.28 Å². The summed E-state index contributed by atoms with van der Waals surface area (Å²) in [6, 6.07) is 1.17. The zero-order valence-electron chi connectivity index (χ0n) is 13.9. The molecule has 0 aromatic rings. The monoisotopic (exact) mass is 290 g/mol. The van der Waals surface area contributed by atoms with Crippen molar-refractivity contribution in [3.8, 4) is 0 Å². The fourth-order valence-corrected chi connectivity index (χ4v) is 4.39. The largest absolute Gasteiger partial charge is 0.397 e. The molecule has 0 fully saturated rings. The standard InChI is InChI=1S/C15H36NO2Si/c1-6-13-17-19(18-14-7-2)15-11-12-16(8-3,9-4)10-5/h19H,6-15H2,1-5H3/q+1. The molecule has 0 aliphatic heterocycles. The Morgan fingerprint density at radius 2 is 1.26 bits per heavy atom. The van der Waals surface area contributed by atoms with Gasteiger partial charge in [-0.3, -0.25) is 0 Å². The summed E-state index contributed by atoms with van der Waals surface area (Å²) in [5, 5.41) is 0. The summed E-state index contributed by atoms with van der Waals surface area (Å²) >= 11 is 0. The first-order chi connectivity index (χ1) is 9.17. The number of hydrogen-bond acceptors (Lipinski definition) is 2. The highest BCUT2D eigenvalue weighted by molar-refractivity contribution is 6.44. The van der Waals surface area contributed by atoms with Gasteiger partial charge in [-0.05, 0) is 46.1 Å². The summed E-state index contributed by atoms with van der Waals surface area (Å²) in [6.45, 7) is 18.0. The molecular weight excluding hydrogens is 254 g/mol. The van der Waals surface area contributed by atoms with Gasteiger partial charge in [0.15, 0.2) is 0 Å². The molecule has 0 N–H and O–H groups in total. The molecule has 0 amide bonds. The minimum absolute atomic E-state index is 0.871. The molecule has 0 rings (SSSR count). The summed E-state index contributed by atoms with van der Waals surface area (Å²) in [4.78, 5) is 0. The van der Waals surface area contributed by atoms with Crippen molar-refractivity contribution < 1.29 is 13.3 Å². The van der Waals surface area contributed by atoms with Crippen LogP contribution in [-0.2, 0) is 8.85 Å². The predicted octanol–water partition coefficient (Wildman–Crippen LogP) is 3.33. The highest BCUT2D eigenvalue weighted by Gasteiger charge is 2.22. The maximum atomic E-state index is 5.92. The molecular formula is C15H36NO2Si+. The fraction of sp³-hybridized carbons (Fsp3) is 1.00. The van der Waals surface area contributed by atoms with Crippen molar-refractivity contribution >= 4 is 9.28 Å². The summed E-state index contributed by atoms with van der Waals surface area (Å²) in [5.41, 5.74) is 0. The van der Waals surface area contributed by atoms with E-state index >= 15 is 0 Å². The minimum atomic E-state index is -1.40. The zero-order chi connectivity index (χ0) is 14.6. The minimum Gasteiger partial charge on any atom is -0.397 e. The molecule has 0 saturated heterocycles. The summed E-state index contributed by atoms with van der Waals surface area (Å²) in [7, 11) is -1.40. The van der Waals surface area contributed by atoms with Crippen LogP contribution < -0.4 is 0 Å². The van der Waals surface area contributed by atoms with Gasteiger partial charge in [0.25, 0.3) is 0 Å². The molecule has 116 valence electrons. The molecule has 0 saturated carbocycles. The van der Waals surface area contributed by atoms with Crippen molar-refractivity contribution in [3.63, 3.8) is 0 Å². The zero-order valence-corrected chi connectivity index (χ0v) is 15.1. The Hall–Kier alpha value is 0.0969. The summed E-state index contributed by atoms with van der Waals surface area (Å²) in [6.07, 6.45) is 3.44. The van der Waals surface area contributed by atoms with Crippen LogP contribution in [0.5, 0.6) is 0 Å². The van der Waals surface area contributed by atoms with Gasteiger partial charge in [-0.1, -0.05) is 13.8 Å². The van der Waals surface area contributed by atoms with E-state index in [2.05, 4.69) is 34.6 Å². The van der Waals surface area contributed by atoms with Gasteiger partial charge in [-0.25, -0.2) is 0 Å². The van der Waals surface area contributed by atoms with Gasteiger partial charge >= 0.3 is 9.28 Å². The Labute approximate surface area is 122 Å². The van der Waals surface area contributed by atoms with Gasteiger partial charge in [-0.2, -0.15) is 0 Å². The van der Waals surface area contributed by atoms with E-state index in [1.54, 1.807) is 0 Å². The lowest BCUT2D eigenvalue weighted by molar-refractivity contribution is -0.923. The van der Waals surface area contributed by atoms with Gasteiger partial charge < -0.3 is 13.3 Å². The third kappa shape index (κ3) is 8.08. The van der Waals surface area contributed by atoms with Gasteiger partial charge in [-0.15, -0.1) is 0 Å². The van der Waals surface area contributed by atoms with Crippen LogP contribution in [-0.4, -0.2) is 53.2 Å². The molecule has 0 heterocycles. The summed E-state index contributed by atoms with van der Waals surface area (Å²) in [5.74, 6) is 0. The van der Waals surface area contributed by atoms with Crippen molar-refractivity contribution in [2.75, 3.05) is 39.4 Å². The lowest BCUT2D eigenvalue weighted by Gasteiger charge is -2.36. The molecule has 0 unspecified atom stereocenters. The van der Waals surface area contributed by atoms with Crippen LogP contribution in [0.2, 0.25) is 6.04 Å². The van der Waals surface area contributed by atoms with Gasteiger partial charge in [0, 0.05) is 13.2 Å². The number of nitrogens with zero attached hydrogens (tertiary/aromatic N) is 1. The second-order valence-electron chi connectivity index (χ2n) is 5.33. The fourth-order valence-electron chi connectivity index (χ4n) is 2.45. The van der Waals surface area contributed by atoms with Crippen molar-refractivity contribution in [1.82, 2.24) is 0 Å². The summed E-state index contributed by atoms with van der Waals surface area (Å²) < 4.78 is 13.1. The Balaban J connectivity index is 4.07. The molecule has 0 aliphatic carbocycles. The van der Waals surface area contributed by atoms with E-state index in [9.17, 15) is 0 Å². The SMILES string of the molecule is CCCO[SiH](CCC[N+](CC)(CC)CC)OCCC. The Kier molecular flexibility index (Phi) is 11.9. The third-order valence-electron chi connectivity index (χ3n) is 4.10. The molecule has 3 nitrogen and oxygen atoms in total. The molecule has 0 spiro atoms. The van der Waals surface area contributed by atoms with Crippen molar-refractivity contribution in [2.24, 2.45) is 0 Å². The van der Waals surface area contributed by atoms with Gasteiger partial charge in [0.2, 0.25) is 0 Å². The maximum absolute atomic E-state index is 5.92. The van der Waals surface area contributed by atoms with E-state index in [-0.39, 0.29) is 0 Å². The second-order valence-corrected chi connectivity index (χ2v) is 7.43. The van der Waals surface area contributed by atoms with Crippen LogP contribution >= 0.6 is 0 Å². The third-order valence-corrected chi connectivity index (χ3v) is 6.20. The number of hydrogen-bond donors (Lipinski definition) is 0. The van der Waals surface area contributed by atoms with Gasteiger partial charge in [0.05, 0.1) is 26.2 Å². The van der Waals surface area contributed by atoms with Crippen LogP contribution in [0.25, 0.3) is 0 Å². The van der Waals surface area contributed by atoms with E-state index in [0.29, 0.717) is 0 Å². The van der Waals surface area contributed by atoms with Crippen molar-refractivity contribution in [3.05, 3.63) is 0 Å². The molecule has 0 bridgehead atoms. The Morgan fingerprint density at radius 1 is 0.789 bits per heavy atom. The molecule has 0 aliphatic rings. The number of rotatable bonds is 13. The van der Waals surface area contributed by atoms with E-state index in [1.807, 2.05) is 0 Å². The van der Waals surface area contributed by atoms with Gasteiger partial charge in [0.1, 0.15) is 0 Å². The highest BCUT2D eigenvalue weighted by atomic mass is 28.3. The molecule has 0 atom stereocenters. The first-order valence-electron chi connectivity index (χ1n) is 8.26. The first kappa shape index (κ1) is 19.1. The maximum Gasteiger partial charge on any atom is 0.321 e. The molecule has 4 heteroatoms. The van der Waals surface area contributed by atoms with Crippen LogP contribution in [0, 0.1) is 0 Å². The smallest absolute Gasteiger partial charge is 0.321 e. The van der Waals surface area contributed by atoms with Crippen molar-refractivity contribution in [1.29, 1.82) is 0 Å². The van der Waals surface area contributed by atoms with Crippen LogP contribution in [0.1, 0.15) is 53.9 Å². The lowest BCUT2D eigenvalue weighted by atomic mass is 10.3. The van der Waals surface area contributed by atoms with Crippen LogP contribution in [0.15, 0.2) is 0 Å². The van der Waals surface area contributed by atoms with E-state index in [0.717, 1.165) is 26.1 Å². The Morgan fingerprint density at radius 3 is 1.63 bits per heavy atom. The molecule has 0 radical (unpaired) electrons. The van der Waals surface area contributed by atoms with Crippen LogP contribution in [0.3, 0.4) is 0 Å². The quantitative estimate of drug-likeness (QED) is 0.383. The van der Waals surface area contributed by atoms with Crippen LogP contribution in [0.4, 0.5) is 0 Å². The molecule has 19 heavy (non-hydrogen) atoms. The van der Waals surface area contributed by atoms with Crippen molar-refractivity contribution in [2.45, 2.75) is 59.9 Å². The second kappa shape index (κ2) is 11.9. The topological polar surface area (TPSA) is 18.5 Å². The average molecular weight is 291 g/mol. The van der Waals surface area contributed by atoms with E-state index in [1.165, 1.54) is 43.1 Å². The average Bonchev–Trinajstić information content (AvgIpc) is 2.46. The predicted molar refractivity (Wildman–Crippen MR) is 85.8 cm³/mol. The normalized spacial score (nSPS) is 12.3. The van der Waals surface area contributed by atoms with E-state index in [4.69, 9.17) is 8.85 Å².